The van der Waals surface area contributed by atoms with Gasteiger partial charge in [-0.25, -0.2) is 17.6 Å². The summed E-state index contributed by atoms with van der Waals surface area (Å²) in [5, 5.41) is 7.97. The van der Waals surface area contributed by atoms with Crippen molar-refractivity contribution < 1.29 is 57.8 Å². The molecule has 1 N–H and O–H groups in total. The SMILES string of the molecule is OC(F)(C(F)(F)C(F)C(F)C(F)F)C(F)(F)C(F)(F)F. The van der Waals surface area contributed by atoms with Crippen molar-refractivity contribution in [3.05, 3.63) is 0 Å². The molecule has 0 aliphatic carbocycles. The van der Waals surface area contributed by atoms with Gasteiger partial charge < -0.3 is 5.11 Å². The lowest BCUT2D eigenvalue weighted by molar-refractivity contribution is -0.427. The molecule has 0 saturated carbocycles. The summed E-state index contributed by atoms with van der Waals surface area (Å²) in [6, 6.07) is 0. The number of hydrogen-bond donors (Lipinski definition) is 1. The second-order valence-corrected chi connectivity index (χ2v) is 3.50. The minimum Gasteiger partial charge on any atom is -0.352 e. The third kappa shape index (κ3) is 2.76. The van der Waals surface area contributed by atoms with Crippen LogP contribution in [0.5, 0.6) is 0 Å². The quantitative estimate of drug-likeness (QED) is 0.765. The Morgan fingerprint density at radius 1 is 0.700 bits per heavy atom. The second kappa shape index (κ2) is 5.15. The van der Waals surface area contributed by atoms with Crippen molar-refractivity contribution in [1.82, 2.24) is 0 Å². The number of hydrogen-bond acceptors (Lipinski definition) is 1. The Labute approximate surface area is 102 Å². The number of halogens is 12. The predicted molar refractivity (Wildman–Crippen MR) is 37.8 cm³/mol. The van der Waals surface area contributed by atoms with Gasteiger partial charge in [0.2, 0.25) is 6.17 Å². The van der Waals surface area contributed by atoms with Gasteiger partial charge in [-0.15, -0.1) is 0 Å². The van der Waals surface area contributed by atoms with Crippen LogP contribution in [0.2, 0.25) is 0 Å². The summed E-state index contributed by atoms with van der Waals surface area (Å²) < 4.78 is 145. The van der Waals surface area contributed by atoms with Crippen LogP contribution in [-0.2, 0) is 0 Å². The second-order valence-electron chi connectivity index (χ2n) is 3.50. The average molecular weight is 332 g/mol. The molecule has 0 amide bonds. The Bertz CT molecular complexity index is 333. The van der Waals surface area contributed by atoms with Gasteiger partial charge in [-0.2, -0.15) is 35.1 Å². The van der Waals surface area contributed by atoms with Crippen LogP contribution in [0.15, 0.2) is 0 Å². The van der Waals surface area contributed by atoms with Gasteiger partial charge in [-0.1, -0.05) is 0 Å². The Kier molecular flexibility index (Phi) is 4.92. The van der Waals surface area contributed by atoms with Gasteiger partial charge in [-0.05, 0) is 0 Å². The first kappa shape index (κ1) is 19.1. The molecule has 0 saturated heterocycles. The smallest absolute Gasteiger partial charge is 0.352 e. The van der Waals surface area contributed by atoms with E-state index < -0.39 is 42.6 Å². The zero-order valence-electron chi connectivity index (χ0n) is 8.71. The summed E-state index contributed by atoms with van der Waals surface area (Å²) >= 11 is 0. The highest BCUT2D eigenvalue weighted by Crippen LogP contribution is 2.52. The van der Waals surface area contributed by atoms with Gasteiger partial charge in [0, 0.05) is 0 Å². The topological polar surface area (TPSA) is 20.2 Å². The minimum absolute atomic E-state index is 4.58. The normalized spacial score (nSPS) is 20.7. The summed E-state index contributed by atoms with van der Waals surface area (Å²) in [5.41, 5.74) is 0. The van der Waals surface area contributed by atoms with E-state index in [4.69, 9.17) is 5.11 Å². The van der Waals surface area contributed by atoms with E-state index in [0.717, 1.165) is 0 Å². The maximum absolute atomic E-state index is 12.7. The molecule has 122 valence electrons. The van der Waals surface area contributed by atoms with Crippen molar-refractivity contribution in [3.63, 3.8) is 0 Å². The lowest BCUT2D eigenvalue weighted by Gasteiger charge is -2.37. The molecule has 0 aromatic carbocycles. The third-order valence-electron chi connectivity index (χ3n) is 2.08. The van der Waals surface area contributed by atoms with E-state index in [1.807, 2.05) is 0 Å². The minimum atomic E-state index is -7.24. The lowest BCUT2D eigenvalue weighted by atomic mass is 9.96. The summed E-state index contributed by atoms with van der Waals surface area (Å²) in [7, 11) is 0. The summed E-state index contributed by atoms with van der Waals surface area (Å²) in [4.78, 5) is 0. The number of rotatable bonds is 5. The highest BCUT2D eigenvalue weighted by molar-refractivity contribution is 5.04. The fourth-order valence-corrected chi connectivity index (χ4v) is 0.908. The molecule has 0 heterocycles. The first-order chi connectivity index (χ1) is 8.51. The van der Waals surface area contributed by atoms with Gasteiger partial charge in [0.05, 0.1) is 0 Å². The van der Waals surface area contributed by atoms with Crippen LogP contribution in [0.4, 0.5) is 52.7 Å². The molecule has 0 radical (unpaired) electrons. The first-order valence-electron chi connectivity index (χ1n) is 4.31. The molecule has 0 aliphatic heterocycles. The van der Waals surface area contributed by atoms with Gasteiger partial charge in [-0.3, -0.25) is 0 Å². The highest BCUT2D eigenvalue weighted by atomic mass is 19.4. The van der Waals surface area contributed by atoms with E-state index in [-0.39, 0.29) is 0 Å². The summed E-state index contributed by atoms with van der Waals surface area (Å²) in [6.45, 7) is 0. The standard InChI is InChI=1S/C7H4F12O/c8-1(3(10)11)2(9)4(12,13)6(16,20)5(14,15)7(17,18)19/h1-3,20H. The summed E-state index contributed by atoms with van der Waals surface area (Å²) in [6.07, 6.45) is -21.4. The van der Waals surface area contributed by atoms with Gasteiger partial charge >= 0.3 is 23.9 Å². The molecular weight excluding hydrogens is 328 g/mol. The fraction of sp³-hybridized carbons (Fsp3) is 1.00. The monoisotopic (exact) mass is 332 g/mol. The van der Waals surface area contributed by atoms with Crippen LogP contribution < -0.4 is 0 Å². The van der Waals surface area contributed by atoms with Crippen LogP contribution >= 0.6 is 0 Å². The molecule has 0 aromatic rings. The Hall–Kier alpha value is -0.880. The molecule has 0 bridgehead atoms. The molecule has 0 aliphatic rings. The molecule has 0 spiro atoms. The van der Waals surface area contributed by atoms with Crippen LogP contribution in [0.1, 0.15) is 0 Å². The van der Waals surface area contributed by atoms with Crippen LogP contribution in [0.25, 0.3) is 0 Å². The van der Waals surface area contributed by atoms with E-state index >= 15 is 0 Å². The number of aliphatic hydroxyl groups is 1. The van der Waals surface area contributed by atoms with Crippen LogP contribution in [0, 0.1) is 0 Å². The van der Waals surface area contributed by atoms with Crippen molar-refractivity contribution in [2.75, 3.05) is 0 Å². The molecular formula is C7H4F12O. The highest BCUT2D eigenvalue weighted by Gasteiger charge is 2.82. The largest absolute Gasteiger partial charge is 0.459 e. The molecule has 0 aromatic heterocycles. The van der Waals surface area contributed by atoms with Crippen LogP contribution in [0.3, 0.4) is 0 Å². The van der Waals surface area contributed by atoms with E-state index in [9.17, 15) is 52.7 Å². The van der Waals surface area contributed by atoms with E-state index in [0.29, 0.717) is 0 Å². The van der Waals surface area contributed by atoms with Crippen LogP contribution in [-0.4, -0.2) is 47.8 Å². The lowest BCUT2D eigenvalue weighted by Crippen LogP contribution is -2.67. The molecule has 3 atom stereocenters. The Morgan fingerprint density at radius 2 is 1.05 bits per heavy atom. The Morgan fingerprint density at radius 3 is 1.30 bits per heavy atom. The zero-order valence-corrected chi connectivity index (χ0v) is 8.71. The number of alkyl halides is 12. The van der Waals surface area contributed by atoms with Gasteiger partial charge in [0.1, 0.15) is 0 Å². The van der Waals surface area contributed by atoms with Crippen molar-refractivity contribution >= 4 is 0 Å². The molecule has 3 unspecified atom stereocenters. The molecule has 20 heavy (non-hydrogen) atoms. The van der Waals surface area contributed by atoms with E-state index in [2.05, 4.69) is 0 Å². The van der Waals surface area contributed by atoms with Gasteiger partial charge in [0.25, 0.3) is 6.43 Å². The van der Waals surface area contributed by atoms with Crippen molar-refractivity contribution in [2.24, 2.45) is 0 Å². The fourth-order valence-electron chi connectivity index (χ4n) is 0.908. The van der Waals surface area contributed by atoms with Crippen molar-refractivity contribution in [2.45, 2.75) is 42.6 Å². The zero-order chi connectivity index (χ0) is 16.7. The molecule has 13 heteroatoms. The predicted octanol–water partition coefficient (Wildman–Crippen LogP) is 3.42. The molecule has 1 nitrogen and oxygen atoms in total. The maximum Gasteiger partial charge on any atom is 0.459 e. The van der Waals surface area contributed by atoms with E-state index in [1.54, 1.807) is 0 Å². The maximum atomic E-state index is 12.7. The third-order valence-corrected chi connectivity index (χ3v) is 2.08. The van der Waals surface area contributed by atoms with Gasteiger partial charge in [0.15, 0.2) is 6.17 Å². The van der Waals surface area contributed by atoms with E-state index in [1.165, 1.54) is 0 Å². The average Bonchev–Trinajstić information content (AvgIpc) is 2.24. The Balaban J connectivity index is 5.69. The summed E-state index contributed by atoms with van der Waals surface area (Å²) in [5.74, 6) is -21.0. The van der Waals surface area contributed by atoms with Crippen molar-refractivity contribution in [1.29, 1.82) is 0 Å². The van der Waals surface area contributed by atoms with Crippen molar-refractivity contribution in [3.8, 4) is 0 Å². The molecule has 0 fully saturated rings. The molecule has 0 rings (SSSR count). The first-order valence-corrected chi connectivity index (χ1v) is 4.31.